The zero-order valence-corrected chi connectivity index (χ0v) is 12.3. The number of carbonyl (C=O) groups is 1. The van der Waals surface area contributed by atoms with Crippen LogP contribution in [-0.4, -0.2) is 28.4 Å². The summed E-state index contributed by atoms with van der Waals surface area (Å²) in [6, 6.07) is 7.94. The molecule has 0 saturated carbocycles. The molecule has 0 spiro atoms. The highest BCUT2D eigenvalue weighted by Crippen LogP contribution is 2.21. The Morgan fingerprint density at radius 1 is 1.47 bits per heavy atom. The van der Waals surface area contributed by atoms with E-state index in [9.17, 15) is 9.90 Å². The van der Waals surface area contributed by atoms with Crippen molar-refractivity contribution in [1.29, 1.82) is 0 Å². The number of halogens is 1. The molecule has 1 atom stereocenters. The van der Waals surface area contributed by atoms with Gasteiger partial charge in [-0.2, -0.15) is 0 Å². The molecule has 0 fully saturated rings. The predicted octanol–water partition coefficient (Wildman–Crippen LogP) is 2.72. The van der Waals surface area contributed by atoms with Crippen molar-refractivity contribution in [1.82, 2.24) is 4.57 Å². The van der Waals surface area contributed by atoms with Gasteiger partial charge in [0.2, 0.25) is 0 Å². The van der Waals surface area contributed by atoms with Gasteiger partial charge in [-0.3, -0.25) is 4.79 Å². The van der Waals surface area contributed by atoms with Crippen LogP contribution >= 0.6 is 15.9 Å². The molecule has 0 aliphatic heterocycles. The molecule has 0 amide bonds. The lowest BCUT2D eigenvalue weighted by atomic mass is 10.2. The van der Waals surface area contributed by atoms with Crippen molar-refractivity contribution >= 4 is 32.8 Å². The minimum Gasteiger partial charge on any atom is -0.466 e. The average Bonchev–Trinajstić information content (AvgIpc) is 2.71. The molecule has 19 heavy (non-hydrogen) atoms. The van der Waals surface area contributed by atoms with E-state index < -0.39 is 6.10 Å². The quantitative estimate of drug-likeness (QED) is 0.860. The maximum atomic E-state index is 11.3. The number of carbonyl (C=O) groups excluding carboxylic acids is 1. The number of benzene rings is 1. The molecule has 102 valence electrons. The van der Waals surface area contributed by atoms with Gasteiger partial charge < -0.3 is 14.4 Å². The van der Waals surface area contributed by atoms with Crippen LogP contribution in [0.15, 0.2) is 34.9 Å². The number of esters is 1. The standard InChI is InChI=1S/C14H16BrNO3/c1-2-19-14(18)8-12(17)9-16-6-5-10-7-11(15)3-4-13(10)16/h3-7,12,17H,2,8-9H2,1H3. The second-order valence-electron chi connectivity index (χ2n) is 4.33. The molecule has 1 unspecified atom stereocenters. The Kier molecular flexibility index (Phi) is 4.61. The van der Waals surface area contributed by atoms with Crippen molar-refractivity contribution in [2.45, 2.75) is 26.0 Å². The summed E-state index contributed by atoms with van der Waals surface area (Å²) in [5.41, 5.74) is 1.03. The molecule has 1 N–H and O–H groups in total. The van der Waals surface area contributed by atoms with Gasteiger partial charge in [0.05, 0.1) is 19.1 Å². The fraction of sp³-hybridized carbons (Fsp3) is 0.357. The van der Waals surface area contributed by atoms with Crippen molar-refractivity contribution in [2.24, 2.45) is 0 Å². The van der Waals surface area contributed by atoms with Crippen molar-refractivity contribution in [3.63, 3.8) is 0 Å². The third-order valence-corrected chi connectivity index (χ3v) is 3.34. The summed E-state index contributed by atoms with van der Waals surface area (Å²) in [4.78, 5) is 11.3. The fourth-order valence-corrected chi connectivity index (χ4v) is 2.41. The predicted molar refractivity (Wildman–Crippen MR) is 76.9 cm³/mol. The lowest BCUT2D eigenvalue weighted by molar-refractivity contribution is -0.145. The molecule has 0 saturated heterocycles. The van der Waals surface area contributed by atoms with Gasteiger partial charge in [-0.25, -0.2) is 0 Å². The van der Waals surface area contributed by atoms with Gasteiger partial charge in [0.15, 0.2) is 0 Å². The van der Waals surface area contributed by atoms with Crippen molar-refractivity contribution in [2.75, 3.05) is 6.61 Å². The minimum absolute atomic E-state index is 0.0179. The number of rotatable bonds is 5. The molecule has 5 heteroatoms. The molecule has 2 rings (SSSR count). The maximum Gasteiger partial charge on any atom is 0.308 e. The van der Waals surface area contributed by atoms with Crippen LogP contribution in [0.1, 0.15) is 13.3 Å². The molecule has 4 nitrogen and oxygen atoms in total. The third kappa shape index (κ3) is 3.58. The summed E-state index contributed by atoms with van der Waals surface area (Å²) >= 11 is 3.42. The Bertz CT molecular complexity index is 579. The highest BCUT2D eigenvalue weighted by atomic mass is 79.9. The van der Waals surface area contributed by atoms with E-state index in [0.717, 1.165) is 15.4 Å². The number of fused-ring (bicyclic) bond motifs is 1. The van der Waals surface area contributed by atoms with Crippen LogP contribution in [-0.2, 0) is 16.1 Å². The first kappa shape index (κ1) is 14.1. The van der Waals surface area contributed by atoms with E-state index in [1.54, 1.807) is 6.92 Å². The molecule has 0 radical (unpaired) electrons. The van der Waals surface area contributed by atoms with E-state index in [-0.39, 0.29) is 12.4 Å². The normalized spacial score (nSPS) is 12.6. The molecule has 0 aliphatic rings. The fourth-order valence-electron chi connectivity index (χ4n) is 2.03. The third-order valence-electron chi connectivity index (χ3n) is 2.85. The Hall–Kier alpha value is -1.33. The van der Waals surface area contributed by atoms with E-state index in [0.29, 0.717) is 13.2 Å². The molecular weight excluding hydrogens is 310 g/mol. The summed E-state index contributed by atoms with van der Waals surface area (Å²) < 4.78 is 7.78. The summed E-state index contributed by atoms with van der Waals surface area (Å²) in [6.07, 6.45) is 1.19. The zero-order valence-electron chi connectivity index (χ0n) is 10.7. The summed E-state index contributed by atoms with van der Waals surface area (Å²) in [5.74, 6) is -0.366. The smallest absolute Gasteiger partial charge is 0.308 e. The van der Waals surface area contributed by atoms with Crippen LogP contribution < -0.4 is 0 Å². The summed E-state index contributed by atoms with van der Waals surface area (Å²) in [7, 11) is 0. The van der Waals surface area contributed by atoms with Crippen LogP contribution in [0, 0.1) is 0 Å². The van der Waals surface area contributed by atoms with Crippen molar-refractivity contribution < 1.29 is 14.6 Å². The zero-order chi connectivity index (χ0) is 13.8. The van der Waals surface area contributed by atoms with E-state index in [1.807, 2.05) is 35.0 Å². The van der Waals surface area contributed by atoms with Gasteiger partial charge in [0.25, 0.3) is 0 Å². The van der Waals surface area contributed by atoms with Gasteiger partial charge in [-0.1, -0.05) is 15.9 Å². The highest BCUT2D eigenvalue weighted by molar-refractivity contribution is 9.10. The monoisotopic (exact) mass is 325 g/mol. The first-order valence-corrected chi connectivity index (χ1v) is 6.97. The number of nitrogens with zero attached hydrogens (tertiary/aromatic N) is 1. The first-order chi connectivity index (χ1) is 9.10. The van der Waals surface area contributed by atoms with Crippen LogP contribution in [0.3, 0.4) is 0 Å². The Labute approximate surface area is 120 Å². The number of aliphatic hydroxyl groups is 1. The second kappa shape index (κ2) is 6.21. The Morgan fingerprint density at radius 3 is 3.00 bits per heavy atom. The SMILES string of the molecule is CCOC(=O)CC(O)Cn1ccc2cc(Br)ccc21. The van der Waals surface area contributed by atoms with Gasteiger partial charge in [-0.05, 0) is 31.2 Å². The van der Waals surface area contributed by atoms with Crippen LogP contribution in [0.4, 0.5) is 0 Å². The van der Waals surface area contributed by atoms with Crippen LogP contribution in [0.25, 0.3) is 10.9 Å². The highest BCUT2D eigenvalue weighted by Gasteiger charge is 2.13. The van der Waals surface area contributed by atoms with Gasteiger partial charge in [0, 0.05) is 28.1 Å². The molecule has 1 heterocycles. The summed E-state index contributed by atoms with van der Waals surface area (Å²) in [5, 5.41) is 11.0. The number of aromatic nitrogens is 1. The molecule has 1 aromatic heterocycles. The van der Waals surface area contributed by atoms with Crippen molar-refractivity contribution in [3.05, 3.63) is 34.9 Å². The Balaban J connectivity index is 2.07. The molecular formula is C14H16BrNO3. The number of ether oxygens (including phenoxy) is 1. The maximum absolute atomic E-state index is 11.3. The Morgan fingerprint density at radius 2 is 2.26 bits per heavy atom. The van der Waals surface area contributed by atoms with Gasteiger partial charge in [-0.15, -0.1) is 0 Å². The molecule has 1 aromatic carbocycles. The largest absolute Gasteiger partial charge is 0.466 e. The van der Waals surface area contributed by atoms with E-state index >= 15 is 0 Å². The average molecular weight is 326 g/mol. The van der Waals surface area contributed by atoms with Crippen LogP contribution in [0.5, 0.6) is 0 Å². The second-order valence-corrected chi connectivity index (χ2v) is 5.25. The number of aliphatic hydroxyl groups excluding tert-OH is 1. The lowest BCUT2D eigenvalue weighted by Crippen LogP contribution is -2.20. The van der Waals surface area contributed by atoms with Gasteiger partial charge >= 0.3 is 5.97 Å². The van der Waals surface area contributed by atoms with E-state index in [1.165, 1.54) is 0 Å². The van der Waals surface area contributed by atoms with Gasteiger partial charge in [0.1, 0.15) is 0 Å². The summed E-state index contributed by atoms with van der Waals surface area (Å²) in [6.45, 7) is 2.47. The lowest BCUT2D eigenvalue weighted by Gasteiger charge is -2.12. The topological polar surface area (TPSA) is 51.5 Å². The first-order valence-electron chi connectivity index (χ1n) is 6.18. The minimum atomic E-state index is -0.738. The van der Waals surface area contributed by atoms with Crippen molar-refractivity contribution in [3.8, 4) is 0 Å². The number of hydrogen-bond acceptors (Lipinski definition) is 3. The van der Waals surface area contributed by atoms with Crippen LogP contribution in [0.2, 0.25) is 0 Å². The molecule has 0 aliphatic carbocycles. The molecule has 0 bridgehead atoms. The van der Waals surface area contributed by atoms with E-state index in [4.69, 9.17) is 4.74 Å². The molecule has 2 aromatic rings. The number of hydrogen-bond donors (Lipinski definition) is 1. The van der Waals surface area contributed by atoms with E-state index in [2.05, 4.69) is 15.9 Å².